The third-order valence-electron chi connectivity index (χ3n) is 3.89. The number of rotatable bonds is 11. The van der Waals surface area contributed by atoms with Crippen molar-refractivity contribution in [2.24, 2.45) is 5.73 Å². The van der Waals surface area contributed by atoms with E-state index in [1.807, 2.05) is 19.9 Å². The Morgan fingerprint density at radius 2 is 1.57 bits per heavy atom. The number of ether oxygens (including phenoxy) is 2. The number of nitrogens with two attached hydrogens (primary N) is 1. The molecule has 0 aromatic heterocycles. The highest BCUT2D eigenvalue weighted by Crippen LogP contribution is 2.36. The smallest absolute Gasteiger partial charge is 0.164 e. The Morgan fingerprint density at radius 1 is 1.00 bits per heavy atom. The van der Waals surface area contributed by atoms with E-state index in [1.165, 1.54) is 6.07 Å². The zero-order valence-electron chi connectivity index (χ0n) is 15.0. The molecular weight excluding hydrogens is 293 g/mol. The molecule has 3 nitrogen and oxygen atoms in total. The van der Waals surface area contributed by atoms with Crippen LogP contribution >= 0.6 is 0 Å². The SMILES string of the molecule is CCCOc1cc(F)c(C(CC)CCC(C)N)cc1OCCC. The number of halogens is 1. The Labute approximate surface area is 140 Å². The monoisotopic (exact) mass is 325 g/mol. The molecule has 2 N–H and O–H groups in total. The molecule has 1 aromatic rings. The molecule has 0 saturated carbocycles. The van der Waals surface area contributed by atoms with Crippen molar-refractivity contribution in [3.05, 3.63) is 23.5 Å². The molecule has 0 fully saturated rings. The van der Waals surface area contributed by atoms with E-state index in [0.717, 1.165) is 32.1 Å². The van der Waals surface area contributed by atoms with Crippen molar-refractivity contribution in [3.63, 3.8) is 0 Å². The van der Waals surface area contributed by atoms with Crippen LogP contribution in [0, 0.1) is 5.82 Å². The second-order valence-electron chi connectivity index (χ2n) is 6.18. The molecule has 0 bridgehead atoms. The first-order chi connectivity index (χ1) is 11.0. The van der Waals surface area contributed by atoms with Gasteiger partial charge in [-0.05, 0) is 56.6 Å². The van der Waals surface area contributed by atoms with Gasteiger partial charge in [-0.1, -0.05) is 20.8 Å². The predicted octanol–water partition coefficient (Wildman–Crippen LogP) is 5.02. The van der Waals surface area contributed by atoms with Gasteiger partial charge in [0.25, 0.3) is 0 Å². The Bertz CT molecular complexity index is 463. The molecule has 0 saturated heterocycles. The maximum atomic E-state index is 14.6. The van der Waals surface area contributed by atoms with Crippen molar-refractivity contribution in [1.82, 2.24) is 0 Å². The van der Waals surface area contributed by atoms with Gasteiger partial charge in [-0.25, -0.2) is 4.39 Å². The summed E-state index contributed by atoms with van der Waals surface area (Å²) in [7, 11) is 0. The van der Waals surface area contributed by atoms with Crippen LogP contribution in [-0.2, 0) is 0 Å². The van der Waals surface area contributed by atoms with Crippen LogP contribution in [0.2, 0.25) is 0 Å². The molecule has 0 spiro atoms. The molecule has 0 amide bonds. The quantitative estimate of drug-likeness (QED) is 0.621. The second-order valence-corrected chi connectivity index (χ2v) is 6.18. The van der Waals surface area contributed by atoms with Crippen LogP contribution in [0.15, 0.2) is 12.1 Å². The first kappa shape index (κ1) is 19.8. The molecule has 0 aliphatic rings. The molecular formula is C19H32FNO2. The van der Waals surface area contributed by atoms with Crippen molar-refractivity contribution in [3.8, 4) is 11.5 Å². The van der Waals surface area contributed by atoms with Gasteiger partial charge in [-0.15, -0.1) is 0 Å². The van der Waals surface area contributed by atoms with E-state index >= 15 is 0 Å². The van der Waals surface area contributed by atoms with Crippen LogP contribution in [0.1, 0.15) is 71.3 Å². The van der Waals surface area contributed by atoms with Crippen molar-refractivity contribution in [2.75, 3.05) is 13.2 Å². The third kappa shape index (κ3) is 6.38. The fraction of sp³-hybridized carbons (Fsp3) is 0.684. The number of benzene rings is 1. The topological polar surface area (TPSA) is 44.5 Å². The summed E-state index contributed by atoms with van der Waals surface area (Å²) in [6, 6.07) is 3.44. The Hall–Kier alpha value is -1.29. The summed E-state index contributed by atoms with van der Waals surface area (Å²) in [4.78, 5) is 0. The predicted molar refractivity (Wildman–Crippen MR) is 93.9 cm³/mol. The highest BCUT2D eigenvalue weighted by Gasteiger charge is 2.19. The summed E-state index contributed by atoms with van der Waals surface area (Å²) in [6.45, 7) is 9.31. The van der Waals surface area contributed by atoms with E-state index in [9.17, 15) is 4.39 Å². The fourth-order valence-electron chi connectivity index (χ4n) is 2.56. The first-order valence-electron chi connectivity index (χ1n) is 8.87. The third-order valence-corrected chi connectivity index (χ3v) is 3.89. The zero-order valence-corrected chi connectivity index (χ0v) is 15.0. The number of hydrogen-bond donors (Lipinski definition) is 1. The van der Waals surface area contributed by atoms with E-state index in [4.69, 9.17) is 15.2 Å². The van der Waals surface area contributed by atoms with Gasteiger partial charge in [0.1, 0.15) is 5.82 Å². The summed E-state index contributed by atoms with van der Waals surface area (Å²) >= 11 is 0. The zero-order chi connectivity index (χ0) is 17.2. The van der Waals surface area contributed by atoms with E-state index in [1.54, 1.807) is 0 Å². The van der Waals surface area contributed by atoms with Crippen LogP contribution in [-0.4, -0.2) is 19.3 Å². The second kappa shape index (κ2) is 10.5. The van der Waals surface area contributed by atoms with Gasteiger partial charge >= 0.3 is 0 Å². The lowest BCUT2D eigenvalue weighted by molar-refractivity contribution is 0.266. The van der Waals surface area contributed by atoms with E-state index < -0.39 is 0 Å². The molecule has 0 radical (unpaired) electrons. The molecule has 2 atom stereocenters. The molecule has 1 aromatic carbocycles. The van der Waals surface area contributed by atoms with Crippen LogP contribution in [0.4, 0.5) is 4.39 Å². The Kier molecular flexibility index (Phi) is 9.00. The summed E-state index contributed by atoms with van der Waals surface area (Å²) in [5, 5.41) is 0. The molecule has 2 unspecified atom stereocenters. The van der Waals surface area contributed by atoms with Gasteiger partial charge in [0.15, 0.2) is 11.5 Å². The molecule has 23 heavy (non-hydrogen) atoms. The van der Waals surface area contributed by atoms with Crippen LogP contribution < -0.4 is 15.2 Å². The molecule has 132 valence electrons. The average Bonchev–Trinajstić information content (AvgIpc) is 2.53. The van der Waals surface area contributed by atoms with Crippen molar-refractivity contribution in [2.45, 2.75) is 71.8 Å². The largest absolute Gasteiger partial charge is 0.490 e. The maximum absolute atomic E-state index is 14.6. The van der Waals surface area contributed by atoms with Gasteiger partial charge in [0.05, 0.1) is 13.2 Å². The molecule has 0 aliphatic carbocycles. The van der Waals surface area contributed by atoms with Gasteiger partial charge in [0.2, 0.25) is 0 Å². The summed E-state index contributed by atoms with van der Waals surface area (Å²) < 4.78 is 26.0. The minimum atomic E-state index is -0.212. The van der Waals surface area contributed by atoms with Crippen molar-refractivity contribution >= 4 is 0 Å². The van der Waals surface area contributed by atoms with E-state index in [-0.39, 0.29) is 17.8 Å². The van der Waals surface area contributed by atoms with Gasteiger partial charge in [-0.3, -0.25) is 0 Å². The van der Waals surface area contributed by atoms with Crippen LogP contribution in [0.5, 0.6) is 11.5 Å². The Morgan fingerprint density at radius 3 is 2.04 bits per heavy atom. The standard InChI is InChI=1S/C19H32FNO2/c1-5-10-22-18-12-16(15(7-3)9-8-14(4)21)17(20)13-19(18)23-11-6-2/h12-15H,5-11,21H2,1-4H3. The lowest BCUT2D eigenvalue weighted by atomic mass is 9.90. The summed E-state index contributed by atoms with van der Waals surface area (Å²) in [5.41, 5.74) is 6.56. The summed E-state index contributed by atoms with van der Waals surface area (Å²) in [5.74, 6) is 1.10. The highest BCUT2D eigenvalue weighted by molar-refractivity contribution is 5.45. The molecule has 4 heteroatoms. The van der Waals surface area contributed by atoms with Crippen molar-refractivity contribution in [1.29, 1.82) is 0 Å². The van der Waals surface area contributed by atoms with Gasteiger partial charge in [-0.2, -0.15) is 0 Å². The van der Waals surface area contributed by atoms with Gasteiger partial charge in [0, 0.05) is 12.1 Å². The van der Waals surface area contributed by atoms with Gasteiger partial charge < -0.3 is 15.2 Å². The molecule has 0 heterocycles. The fourth-order valence-corrected chi connectivity index (χ4v) is 2.56. The van der Waals surface area contributed by atoms with E-state index in [0.29, 0.717) is 30.3 Å². The van der Waals surface area contributed by atoms with Crippen LogP contribution in [0.3, 0.4) is 0 Å². The van der Waals surface area contributed by atoms with Crippen LogP contribution in [0.25, 0.3) is 0 Å². The van der Waals surface area contributed by atoms with Crippen molar-refractivity contribution < 1.29 is 13.9 Å². The van der Waals surface area contributed by atoms with E-state index in [2.05, 4.69) is 13.8 Å². The summed E-state index contributed by atoms with van der Waals surface area (Å²) in [6.07, 6.45) is 4.43. The molecule has 0 aliphatic heterocycles. The lowest BCUT2D eigenvalue weighted by Crippen LogP contribution is -2.16. The molecule has 1 rings (SSSR count). The maximum Gasteiger partial charge on any atom is 0.164 e. The minimum Gasteiger partial charge on any atom is -0.490 e. The lowest BCUT2D eigenvalue weighted by Gasteiger charge is -2.20. The average molecular weight is 325 g/mol. The normalized spacial score (nSPS) is 13.7. The number of hydrogen-bond acceptors (Lipinski definition) is 3. The minimum absolute atomic E-state index is 0.134. The first-order valence-corrected chi connectivity index (χ1v) is 8.87. The highest BCUT2D eigenvalue weighted by atomic mass is 19.1. The Balaban J connectivity index is 3.05.